The van der Waals surface area contributed by atoms with E-state index in [0.29, 0.717) is 60.4 Å². The van der Waals surface area contributed by atoms with Crippen LogP contribution in [0.2, 0.25) is 0 Å². The quantitative estimate of drug-likeness (QED) is 0.461. The van der Waals surface area contributed by atoms with Crippen molar-refractivity contribution < 1.29 is 22.7 Å². The number of hydrogen-bond donors (Lipinski definition) is 3. The number of amides is 1. The van der Waals surface area contributed by atoms with Crippen molar-refractivity contribution in [1.29, 1.82) is 0 Å². The van der Waals surface area contributed by atoms with Crippen LogP contribution < -0.4 is 21.3 Å². The van der Waals surface area contributed by atoms with Gasteiger partial charge in [-0.2, -0.15) is 13.2 Å². The van der Waals surface area contributed by atoms with E-state index in [4.69, 9.17) is 15.6 Å². The van der Waals surface area contributed by atoms with Gasteiger partial charge in [-0.15, -0.1) is 5.10 Å². The number of halogens is 3. The highest BCUT2D eigenvalue weighted by Gasteiger charge is 2.33. The maximum atomic E-state index is 13.6. The van der Waals surface area contributed by atoms with Crippen molar-refractivity contribution in [2.75, 3.05) is 43.5 Å². The standard InChI is InChI=1S/C25H30F3N7O2/c1-15-16(4-2-5-17(15)25(26,27)28)12-21-20(14-31-24(36)19-6-3-7-30-19)32-23-18(29)13-22(33-35(21)23)34-8-10-37-11-9-34/h2,4-5,13,19,30H,3,6-12,14,29H2,1H3,(H,31,36)/t19-/m0/s1. The maximum Gasteiger partial charge on any atom is 0.416 e. The molecule has 198 valence electrons. The monoisotopic (exact) mass is 517 g/mol. The third kappa shape index (κ3) is 5.21. The van der Waals surface area contributed by atoms with Gasteiger partial charge in [0.1, 0.15) is 0 Å². The summed E-state index contributed by atoms with van der Waals surface area (Å²) < 4.78 is 47.8. The van der Waals surface area contributed by atoms with E-state index in [1.54, 1.807) is 16.6 Å². The summed E-state index contributed by atoms with van der Waals surface area (Å²) >= 11 is 0. The highest BCUT2D eigenvalue weighted by Crippen LogP contribution is 2.34. The van der Waals surface area contributed by atoms with Crippen LogP contribution in [-0.2, 0) is 28.7 Å². The van der Waals surface area contributed by atoms with Gasteiger partial charge in [0.05, 0.1) is 48.4 Å². The molecule has 37 heavy (non-hydrogen) atoms. The molecular weight excluding hydrogens is 487 g/mol. The van der Waals surface area contributed by atoms with Crippen LogP contribution in [0.3, 0.4) is 0 Å². The highest BCUT2D eigenvalue weighted by molar-refractivity contribution is 5.82. The molecule has 4 heterocycles. The van der Waals surface area contributed by atoms with E-state index < -0.39 is 11.7 Å². The molecule has 0 bridgehead atoms. The first-order valence-electron chi connectivity index (χ1n) is 12.4. The zero-order chi connectivity index (χ0) is 26.2. The van der Waals surface area contributed by atoms with Crippen LogP contribution in [0.4, 0.5) is 24.7 Å². The number of aromatic nitrogens is 3. The smallest absolute Gasteiger partial charge is 0.396 e. The van der Waals surface area contributed by atoms with Crippen molar-refractivity contribution in [2.45, 2.75) is 44.9 Å². The lowest BCUT2D eigenvalue weighted by atomic mass is 9.98. The minimum Gasteiger partial charge on any atom is -0.396 e. The Hall–Kier alpha value is -3.38. The first kappa shape index (κ1) is 25.3. The van der Waals surface area contributed by atoms with Crippen LogP contribution in [0.5, 0.6) is 0 Å². The van der Waals surface area contributed by atoms with E-state index in [1.165, 1.54) is 13.0 Å². The molecule has 0 saturated carbocycles. The predicted octanol–water partition coefficient (Wildman–Crippen LogP) is 2.43. The Labute approximate surface area is 212 Å². The number of morpholine rings is 1. The lowest BCUT2D eigenvalue weighted by Gasteiger charge is -2.27. The Balaban J connectivity index is 1.55. The molecule has 2 aliphatic heterocycles. The van der Waals surface area contributed by atoms with Crippen LogP contribution in [-0.4, -0.2) is 59.4 Å². The molecule has 5 rings (SSSR count). The van der Waals surface area contributed by atoms with Crippen LogP contribution in [0.15, 0.2) is 24.3 Å². The number of alkyl halides is 3. The fourth-order valence-electron chi connectivity index (χ4n) is 4.95. The van der Waals surface area contributed by atoms with Gasteiger partial charge in [0, 0.05) is 25.6 Å². The minimum atomic E-state index is -4.46. The lowest BCUT2D eigenvalue weighted by molar-refractivity contribution is -0.138. The first-order valence-corrected chi connectivity index (χ1v) is 12.4. The second-order valence-corrected chi connectivity index (χ2v) is 9.43. The number of benzene rings is 1. The summed E-state index contributed by atoms with van der Waals surface area (Å²) in [5.74, 6) is 0.504. The molecule has 0 unspecified atom stereocenters. The van der Waals surface area contributed by atoms with Gasteiger partial charge in [-0.1, -0.05) is 12.1 Å². The summed E-state index contributed by atoms with van der Waals surface area (Å²) in [4.78, 5) is 19.4. The first-order chi connectivity index (χ1) is 17.7. The Bertz CT molecular complexity index is 1300. The average molecular weight is 518 g/mol. The molecule has 4 N–H and O–H groups in total. The number of nitrogen functional groups attached to an aromatic ring is 1. The topological polar surface area (TPSA) is 110 Å². The molecule has 2 saturated heterocycles. The average Bonchev–Trinajstić information content (AvgIpc) is 3.53. The highest BCUT2D eigenvalue weighted by atomic mass is 19.4. The normalized spacial score (nSPS) is 18.5. The minimum absolute atomic E-state index is 0.111. The maximum absolute atomic E-state index is 13.6. The van der Waals surface area contributed by atoms with Gasteiger partial charge in [-0.05, 0) is 43.5 Å². The van der Waals surface area contributed by atoms with Gasteiger partial charge in [-0.25, -0.2) is 9.50 Å². The van der Waals surface area contributed by atoms with Crippen molar-refractivity contribution in [3.8, 4) is 0 Å². The van der Waals surface area contributed by atoms with Gasteiger partial charge >= 0.3 is 6.18 Å². The second-order valence-electron chi connectivity index (χ2n) is 9.43. The van der Waals surface area contributed by atoms with E-state index >= 15 is 0 Å². The summed E-state index contributed by atoms with van der Waals surface area (Å²) in [5.41, 5.74) is 8.24. The second kappa shape index (κ2) is 10.2. The summed E-state index contributed by atoms with van der Waals surface area (Å²) in [6.45, 7) is 4.78. The molecule has 0 radical (unpaired) electrons. The number of fused-ring (bicyclic) bond motifs is 1. The van der Waals surface area contributed by atoms with Gasteiger partial charge in [0.2, 0.25) is 5.91 Å². The fourth-order valence-corrected chi connectivity index (χ4v) is 4.95. The van der Waals surface area contributed by atoms with E-state index in [-0.39, 0.29) is 30.5 Å². The molecular formula is C25H30F3N7O2. The predicted molar refractivity (Wildman–Crippen MR) is 132 cm³/mol. The van der Waals surface area contributed by atoms with Crippen LogP contribution in [0, 0.1) is 6.92 Å². The molecule has 1 amide bonds. The number of ether oxygens (including phenoxy) is 1. The molecule has 1 atom stereocenters. The molecule has 0 spiro atoms. The number of carbonyl (C=O) groups excluding carboxylic acids is 1. The Kier molecular flexibility index (Phi) is 6.95. The molecule has 2 aromatic heterocycles. The SMILES string of the molecule is Cc1c(Cc2c(CNC(=O)[C@@H]3CCCN3)nc3c(N)cc(N4CCOCC4)nn23)cccc1C(F)(F)F. The zero-order valence-corrected chi connectivity index (χ0v) is 20.6. The van der Waals surface area contributed by atoms with Gasteiger partial charge in [0.25, 0.3) is 0 Å². The number of rotatable bonds is 6. The number of nitrogens with zero attached hydrogens (tertiary/aromatic N) is 4. The Morgan fingerprint density at radius 3 is 2.78 bits per heavy atom. The largest absolute Gasteiger partial charge is 0.416 e. The van der Waals surface area contributed by atoms with Crippen molar-refractivity contribution in [1.82, 2.24) is 25.2 Å². The van der Waals surface area contributed by atoms with E-state index in [9.17, 15) is 18.0 Å². The van der Waals surface area contributed by atoms with Crippen molar-refractivity contribution >= 4 is 23.1 Å². The Morgan fingerprint density at radius 1 is 1.30 bits per heavy atom. The molecule has 2 aliphatic rings. The lowest BCUT2D eigenvalue weighted by Crippen LogP contribution is -2.40. The molecule has 9 nitrogen and oxygen atoms in total. The van der Waals surface area contributed by atoms with E-state index in [0.717, 1.165) is 25.5 Å². The number of nitrogens with one attached hydrogen (secondary N) is 2. The van der Waals surface area contributed by atoms with Gasteiger partial charge in [0.15, 0.2) is 11.5 Å². The third-order valence-corrected chi connectivity index (χ3v) is 7.03. The van der Waals surface area contributed by atoms with Gasteiger partial charge in [-0.3, -0.25) is 4.79 Å². The van der Waals surface area contributed by atoms with E-state index in [2.05, 4.69) is 15.6 Å². The van der Waals surface area contributed by atoms with Crippen molar-refractivity contribution in [2.24, 2.45) is 0 Å². The summed E-state index contributed by atoms with van der Waals surface area (Å²) in [6, 6.07) is 5.64. The van der Waals surface area contributed by atoms with Crippen molar-refractivity contribution in [3.05, 3.63) is 52.3 Å². The Morgan fingerprint density at radius 2 is 2.08 bits per heavy atom. The van der Waals surface area contributed by atoms with Crippen LogP contribution >= 0.6 is 0 Å². The molecule has 2 fully saturated rings. The third-order valence-electron chi connectivity index (χ3n) is 7.03. The fraction of sp³-hybridized carbons (Fsp3) is 0.480. The summed E-state index contributed by atoms with van der Waals surface area (Å²) in [6.07, 6.45) is -2.64. The van der Waals surface area contributed by atoms with Crippen LogP contribution in [0.25, 0.3) is 5.65 Å². The van der Waals surface area contributed by atoms with Crippen molar-refractivity contribution in [3.63, 3.8) is 0 Å². The van der Waals surface area contributed by atoms with Crippen LogP contribution in [0.1, 0.15) is 40.9 Å². The molecule has 12 heteroatoms. The van der Waals surface area contributed by atoms with E-state index in [1.807, 2.05) is 4.90 Å². The summed E-state index contributed by atoms with van der Waals surface area (Å²) in [5, 5.41) is 10.9. The molecule has 1 aromatic carbocycles. The number of nitrogens with two attached hydrogens (primary N) is 1. The number of carbonyl (C=O) groups is 1. The van der Waals surface area contributed by atoms with Gasteiger partial charge < -0.3 is 26.0 Å². The number of anilines is 2. The molecule has 3 aromatic rings. The number of hydrogen-bond acceptors (Lipinski definition) is 7. The zero-order valence-electron chi connectivity index (χ0n) is 20.6. The number of imidazole rings is 1. The summed E-state index contributed by atoms with van der Waals surface area (Å²) in [7, 11) is 0. The molecule has 0 aliphatic carbocycles.